The highest BCUT2D eigenvalue weighted by Gasteiger charge is 2.44. The second-order valence-electron chi connectivity index (χ2n) is 11.0. The van der Waals surface area contributed by atoms with Gasteiger partial charge in [-0.3, -0.25) is 9.59 Å². The number of ether oxygens (including phenoxy) is 1. The van der Waals surface area contributed by atoms with Crippen LogP contribution in [0.3, 0.4) is 0 Å². The van der Waals surface area contributed by atoms with Crippen molar-refractivity contribution >= 4 is 45.9 Å². The van der Waals surface area contributed by atoms with Crippen molar-refractivity contribution in [2.24, 2.45) is 11.3 Å². The van der Waals surface area contributed by atoms with E-state index in [4.69, 9.17) is 21.3 Å². The fourth-order valence-electron chi connectivity index (χ4n) is 5.97. The van der Waals surface area contributed by atoms with E-state index in [0.29, 0.717) is 22.2 Å². The molecule has 9 nitrogen and oxygen atoms in total. The lowest BCUT2D eigenvalue weighted by Gasteiger charge is -2.51. The van der Waals surface area contributed by atoms with Gasteiger partial charge in [0.1, 0.15) is 5.02 Å². The molecular formula is C28H35ClN6O3. The summed E-state index contributed by atoms with van der Waals surface area (Å²) in [5.41, 5.74) is 1.77. The molecular weight excluding hydrogens is 504 g/mol. The van der Waals surface area contributed by atoms with Gasteiger partial charge >= 0.3 is 0 Å². The highest BCUT2D eigenvalue weighted by atomic mass is 35.5. The van der Waals surface area contributed by atoms with Crippen LogP contribution in [0.2, 0.25) is 5.02 Å². The van der Waals surface area contributed by atoms with Crippen molar-refractivity contribution in [3.05, 3.63) is 45.8 Å². The molecule has 10 heteroatoms. The van der Waals surface area contributed by atoms with Gasteiger partial charge in [-0.1, -0.05) is 18.5 Å². The molecule has 2 N–H and O–H groups in total. The fraction of sp³-hybridized carbons (Fsp3) is 0.500. The maximum atomic E-state index is 13.1. The molecule has 1 aliphatic heterocycles. The lowest BCUT2D eigenvalue weighted by Crippen LogP contribution is -2.47. The minimum absolute atomic E-state index is 0.0990. The molecule has 1 spiro atoms. The SMILES string of the molecule is CNC(=O)COc1cc2cc(Nc3nc(N4CCC5(CC4)CC(C)C5)ncc3Cl)ccc2n(C(C)C)c1=O. The third kappa shape index (κ3) is 5.16. The van der Waals surface area contributed by atoms with Crippen molar-refractivity contribution < 1.29 is 9.53 Å². The number of likely N-dealkylation sites (N-methyl/N-ethyl adjacent to an activating group) is 1. The monoisotopic (exact) mass is 538 g/mol. The molecule has 5 rings (SSSR count). The number of aromatic nitrogens is 3. The summed E-state index contributed by atoms with van der Waals surface area (Å²) in [4.78, 5) is 36.3. The first-order chi connectivity index (χ1) is 18.2. The van der Waals surface area contributed by atoms with Crippen LogP contribution in [0.25, 0.3) is 10.9 Å². The van der Waals surface area contributed by atoms with Gasteiger partial charge in [0.15, 0.2) is 18.2 Å². The number of benzene rings is 1. The van der Waals surface area contributed by atoms with Gasteiger partial charge in [-0.15, -0.1) is 0 Å². The third-order valence-corrected chi connectivity index (χ3v) is 8.10. The predicted molar refractivity (Wildman–Crippen MR) is 151 cm³/mol. The zero-order valence-electron chi connectivity index (χ0n) is 22.4. The molecule has 202 valence electrons. The van der Waals surface area contributed by atoms with Crippen LogP contribution in [0.15, 0.2) is 35.3 Å². The minimum Gasteiger partial charge on any atom is -0.478 e. The maximum absolute atomic E-state index is 13.1. The predicted octanol–water partition coefficient (Wildman–Crippen LogP) is 4.91. The molecule has 1 amide bonds. The number of carbonyl (C=O) groups is 1. The summed E-state index contributed by atoms with van der Waals surface area (Å²) in [6.07, 6.45) is 6.67. The third-order valence-electron chi connectivity index (χ3n) is 7.82. The van der Waals surface area contributed by atoms with E-state index in [1.165, 1.54) is 32.7 Å². The zero-order chi connectivity index (χ0) is 27.0. The van der Waals surface area contributed by atoms with E-state index in [1.807, 2.05) is 32.0 Å². The van der Waals surface area contributed by atoms with Crippen LogP contribution in [-0.2, 0) is 4.79 Å². The average molecular weight is 539 g/mol. The quantitative estimate of drug-likeness (QED) is 0.440. The Hall–Kier alpha value is -3.33. The number of nitrogens with one attached hydrogen (secondary N) is 2. The largest absolute Gasteiger partial charge is 0.478 e. The number of fused-ring (bicyclic) bond motifs is 1. The molecule has 0 unspecified atom stereocenters. The number of halogens is 1. The molecule has 38 heavy (non-hydrogen) atoms. The van der Waals surface area contributed by atoms with E-state index in [1.54, 1.807) is 16.8 Å². The Morgan fingerprint density at radius 3 is 2.63 bits per heavy atom. The number of nitrogens with zero attached hydrogens (tertiary/aromatic N) is 4. The summed E-state index contributed by atoms with van der Waals surface area (Å²) in [6, 6.07) is 7.27. The Morgan fingerprint density at radius 1 is 1.24 bits per heavy atom. The highest BCUT2D eigenvalue weighted by molar-refractivity contribution is 6.32. The number of pyridine rings is 1. The first-order valence-electron chi connectivity index (χ1n) is 13.3. The van der Waals surface area contributed by atoms with Gasteiger partial charge in [0.05, 0.1) is 11.7 Å². The van der Waals surface area contributed by atoms with Crippen LogP contribution in [0.4, 0.5) is 17.5 Å². The summed E-state index contributed by atoms with van der Waals surface area (Å²) in [5, 5.41) is 7.04. The number of hydrogen-bond acceptors (Lipinski definition) is 7. The van der Waals surface area contributed by atoms with Crippen LogP contribution in [0.5, 0.6) is 5.75 Å². The molecule has 3 aromatic rings. The molecule has 0 atom stereocenters. The second-order valence-corrected chi connectivity index (χ2v) is 11.4. The van der Waals surface area contributed by atoms with Gasteiger partial charge in [0, 0.05) is 37.3 Å². The van der Waals surface area contributed by atoms with E-state index in [9.17, 15) is 9.59 Å². The Morgan fingerprint density at radius 2 is 1.97 bits per heavy atom. The molecule has 0 bridgehead atoms. The lowest BCUT2D eigenvalue weighted by molar-refractivity contribution is -0.122. The highest BCUT2D eigenvalue weighted by Crippen LogP contribution is 2.52. The Labute approximate surface area is 227 Å². The van der Waals surface area contributed by atoms with Gasteiger partial charge in [-0.05, 0) is 75.1 Å². The van der Waals surface area contributed by atoms with E-state index >= 15 is 0 Å². The van der Waals surface area contributed by atoms with Crippen molar-refractivity contribution in [3.63, 3.8) is 0 Å². The van der Waals surface area contributed by atoms with Crippen molar-refractivity contribution in [1.82, 2.24) is 19.9 Å². The van der Waals surface area contributed by atoms with E-state index in [2.05, 4.69) is 27.4 Å². The molecule has 2 fully saturated rings. The average Bonchev–Trinajstić information content (AvgIpc) is 2.88. The molecule has 2 aromatic heterocycles. The van der Waals surface area contributed by atoms with Crippen LogP contribution in [0, 0.1) is 11.3 Å². The van der Waals surface area contributed by atoms with E-state index in [0.717, 1.165) is 35.6 Å². The van der Waals surface area contributed by atoms with Crippen molar-refractivity contribution in [2.45, 2.75) is 52.5 Å². The molecule has 1 aromatic carbocycles. The number of hydrogen-bond donors (Lipinski definition) is 2. The summed E-state index contributed by atoms with van der Waals surface area (Å²) in [7, 11) is 1.52. The van der Waals surface area contributed by atoms with Gasteiger partial charge in [-0.2, -0.15) is 4.98 Å². The van der Waals surface area contributed by atoms with Gasteiger partial charge in [-0.25, -0.2) is 4.98 Å². The maximum Gasteiger partial charge on any atom is 0.293 e. The van der Waals surface area contributed by atoms with Gasteiger partial charge in [0.25, 0.3) is 11.5 Å². The smallest absolute Gasteiger partial charge is 0.293 e. The number of rotatable bonds is 7. The van der Waals surface area contributed by atoms with Crippen LogP contribution in [-0.4, -0.2) is 47.2 Å². The first kappa shape index (κ1) is 26.3. The Kier molecular flexibility index (Phi) is 7.22. The fourth-order valence-corrected chi connectivity index (χ4v) is 6.11. The Balaban J connectivity index is 1.40. The van der Waals surface area contributed by atoms with E-state index < -0.39 is 0 Å². The van der Waals surface area contributed by atoms with Crippen LogP contribution in [0.1, 0.15) is 52.5 Å². The summed E-state index contributed by atoms with van der Waals surface area (Å²) < 4.78 is 7.23. The summed E-state index contributed by atoms with van der Waals surface area (Å²) in [6.45, 7) is 7.89. The number of carbonyl (C=O) groups excluding carboxylic acids is 1. The van der Waals surface area contributed by atoms with Crippen molar-refractivity contribution in [3.8, 4) is 5.75 Å². The number of amides is 1. The molecule has 0 radical (unpaired) electrons. The van der Waals surface area contributed by atoms with Crippen LogP contribution < -0.4 is 25.8 Å². The van der Waals surface area contributed by atoms with Gasteiger partial charge < -0.3 is 24.8 Å². The number of piperidine rings is 1. The normalized spacial score (nSPS) is 17.1. The van der Waals surface area contributed by atoms with Crippen LogP contribution >= 0.6 is 11.6 Å². The first-order valence-corrected chi connectivity index (χ1v) is 13.6. The minimum atomic E-state index is -0.309. The number of anilines is 3. The van der Waals surface area contributed by atoms with Crippen molar-refractivity contribution in [2.75, 3.05) is 37.0 Å². The molecule has 1 saturated carbocycles. The Bertz CT molecular complexity index is 1410. The standard InChI is InChI=1S/C28H35ClN6O3/c1-17(2)35-22-6-5-20(11-19(22)12-23(26(35)37)38-16-24(36)30-4)32-25-21(29)15-31-27(33-25)34-9-7-28(8-10-34)13-18(3)14-28/h5-6,11-12,15,17-18H,7-10,13-14,16H2,1-4H3,(H,30,36)(H,31,32,33). The summed E-state index contributed by atoms with van der Waals surface area (Å²) in [5.74, 6) is 1.87. The molecule has 2 aliphatic rings. The summed E-state index contributed by atoms with van der Waals surface area (Å²) >= 11 is 6.48. The lowest BCUT2D eigenvalue weighted by atomic mass is 9.58. The van der Waals surface area contributed by atoms with E-state index in [-0.39, 0.29) is 29.9 Å². The van der Waals surface area contributed by atoms with Crippen molar-refractivity contribution in [1.29, 1.82) is 0 Å². The zero-order valence-corrected chi connectivity index (χ0v) is 23.1. The molecule has 1 aliphatic carbocycles. The second kappa shape index (κ2) is 10.4. The van der Waals surface area contributed by atoms with Gasteiger partial charge in [0.2, 0.25) is 5.95 Å². The topological polar surface area (TPSA) is 101 Å². The molecule has 1 saturated heterocycles. The molecule has 3 heterocycles.